The molecule has 0 bridgehead atoms. The van der Waals surface area contributed by atoms with Gasteiger partial charge in [-0.05, 0) is 47.9 Å². The number of para-hydroxylation sites is 2. The molecule has 1 unspecified atom stereocenters. The molecule has 0 amide bonds. The molecule has 26 heavy (non-hydrogen) atoms. The SMILES string of the molecule is COC1C=CC=C2C(=O)c3ccc(Nc4ccccc4N)cc3CC=C21. The Bertz CT molecular complexity index is 970. The van der Waals surface area contributed by atoms with Crippen LogP contribution in [0.2, 0.25) is 0 Å². The lowest BCUT2D eigenvalue weighted by atomic mass is 9.91. The van der Waals surface area contributed by atoms with Crippen LogP contribution in [0.5, 0.6) is 0 Å². The van der Waals surface area contributed by atoms with Crippen molar-refractivity contribution in [2.75, 3.05) is 18.2 Å². The average Bonchev–Trinajstić information content (AvgIpc) is 2.80. The summed E-state index contributed by atoms with van der Waals surface area (Å²) < 4.78 is 5.50. The number of fused-ring (bicyclic) bond motifs is 2. The van der Waals surface area contributed by atoms with Crippen LogP contribution in [0.25, 0.3) is 0 Å². The van der Waals surface area contributed by atoms with E-state index in [4.69, 9.17) is 10.5 Å². The average molecular weight is 344 g/mol. The Labute approximate surface area is 152 Å². The highest BCUT2D eigenvalue weighted by Crippen LogP contribution is 2.32. The van der Waals surface area contributed by atoms with E-state index in [1.165, 1.54) is 0 Å². The number of hydrogen-bond acceptors (Lipinski definition) is 4. The number of anilines is 3. The van der Waals surface area contributed by atoms with Gasteiger partial charge in [0.1, 0.15) is 6.10 Å². The predicted molar refractivity (Wildman–Crippen MR) is 105 cm³/mol. The quantitative estimate of drug-likeness (QED) is 0.820. The van der Waals surface area contributed by atoms with Gasteiger partial charge in [0.15, 0.2) is 5.78 Å². The van der Waals surface area contributed by atoms with Crippen molar-refractivity contribution in [3.63, 3.8) is 0 Å². The van der Waals surface area contributed by atoms with Crippen molar-refractivity contribution in [1.82, 2.24) is 0 Å². The van der Waals surface area contributed by atoms with Crippen molar-refractivity contribution >= 4 is 22.8 Å². The van der Waals surface area contributed by atoms with Gasteiger partial charge in [0.25, 0.3) is 0 Å². The Hall–Kier alpha value is -3.11. The third-order valence-electron chi connectivity index (χ3n) is 4.80. The maximum atomic E-state index is 13.0. The first kappa shape index (κ1) is 16.4. The topological polar surface area (TPSA) is 64.3 Å². The molecule has 4 heteroatoms. The highest BCUT2D eigenvalue weighted by molar-refractivity contribution is 6.13. The number of carbonyl (C=O) groups excluding carboxylic acids is 1. The molecule has 0 saturated heterocycles. The van der Waals surface area contributed by atoms with Gasteiger partial charge in [-0.2, -0.15) is 0 Å². The van der Waals surface area contributed by atoms with E-state index in [1.54, 1.807) is 7.11 Å². The van der Waals surface area contributed by atoms with E-state index in [2.05, 4.69) is 11.4 Å². The third-order valence-corrected chi connectivity index (χ3v) is 4.80. The zero-order valence-electron chi connectivity index (χ0n) is 14.5. The van der Waals surface area contributed by atoms with E-state index in [1.807, 2.05) is 60.7 Å². The smallest absolute Gasteiger partial charge is 0.193 e. The molecule has 0 aromatic heterocycles. The number of ketones is 1. The lowest BCUT2D eigenvalue weighted by Gasteiger charge is -2.19. The van der Waals surface area contributed by atoms with Gasteiger partial charge in [0.2, 0.25) is 0 Å². The molecule has 3 N–H and O–H groups in total. The number of nitrogen functional groups attached to an aromatic ring is 1. The van der Waals surface area contributed by atoms with Crippen LogP contribution < -0.4 is 11.1 Å². The first-order chi connectivity index (χ1) is 12.7. The molecule has 0 heterocycles. The van der Waals surface area contributed by atoms with Crippen molar-refractivity contribution in [2.45, 2.75) is 12.5 Å². The molecule has 0 fully saturated rings. The lowest BCUT2D eigenvalue weighted by molar-refractivity contribution is 0.102. The summed E-state index contributed by atoms with van der Waals surface area (Å²) in [6.07, 6.45) is 8.32. The van der Waals surface area contributed by atoms with E-state index < -0.39 is 0 Å². The van der Waals surface area contributed by atoms with Gasteiger partial charge in [-0.15, -0.1) is 0 Å². The van der Waals surface area contributed by atoms with Crippen molar-refractivity contribution in [3.8, 4) is 0 Å². The van der Waals surface area contributed by atoms with E-state index >= 15 is 0 Å². The van der Waals surface area contributed by atoms with E-state index in [0.29, 0.717) is 17.7 Å². The van der Waals surface area contributed by atoms with Crippen molar-refractivity contribution < 1.29 is 9.53 Å². The van der Waals surface area contributed by atoms with Gasteiger partial charge >= 0.3 is 0 Å². The summed E-state index contributed by atoms with van der Waals surface area (Å²) in [5, 5.41) is 3.33. The summed E-state index contributed by atoms with van der Waals surface area (Å²) in [5.41, 5.74) is 11.8. The van der Waals surface area contributed by atoms with Gasteiger partial charge in [-0.1, -0.05) is 36.4 Å². The fraction of sp³-hybridized carbons (Fsp3) is 0.136. The molecule has 2 aliphatic rings. The molecule has 2 aromatic carbocycles. The fourth-order valence-electron chi connectivity index (χ4n) is 3.44. The number of ether oxygens (including phenoxy) is 1. The Morgan fingerprint density at radius 1 is 1.19 bits per heavy atom. The van der Waals surface area contributed by atoms with Gasteiger partial charge in [-0.3, -0.25) is 4.79 Å². The predicted octanol–water partition coefficient (Wildman–Crippen LogP) is 4.19. The summed E-state index contributed by atoms with van der Waals surface area (Å²) in [5.74, 6) is 0.0425. The Morgan fingerprint density at radius 3 is 2.85 bits per heavy atom. The van der Waals surface area contributed by atoms with Gasteiger partial charge in [0, 0.05) is 23.9 Å². The molecule has 130 valence electrons. The Morgan fingerprint density at radius 2 is 2.04 bits per heavy atom. The second-order valence-electron chi connectivity index (χ2n) is 6.40. The standard InChI is InChI=1S/C22H20N2O2/c1-26-21-8-4-5-18-17(21)11-9-14-13-15(10-12-16(14)22(18)25)24-20-7-3-2-6-19(20)23/h2-8,10-13,21,24H,9,23H2,1H3. The Kier molecular flexibility index (Phi) is 4.19. The first-order valence-electron chi connectivity index (χ1n) is 8.58. The number of rotatable bonds is 3. The summed E-state index contributed by atoms with van der Waals surface area (Å²) in [7, 11) is 1.66. The number of benzene rings is 2. The zero-order chi connectivity index (χ0) is 18.1. The van der Waals surface area contributed by atoms with Gasteiger partial charge in [-0.25, -0.2) is 0 Å². The molecule has 0 aliphatic heterocycles. The first-order valence-corrected chi connectivity index (χ1v) is 8.58. The summed E-state index contributed by atoms with van der Waals surface area (Å²) >= 11 is 0. The van der Waals surface area contributed by atoms with Crippen molar-refractivity contribution in [3.05, 3.63) is 89.0 Å². The molecule has 2 aliphatic carbocycles. The maximum Gasteiger partial charge on any atom is 0.193 e. The van der Waals surface area contributed by atoms with Gasteiger partial charge in [0.05, 0.1) is 11.4 Å². The lowest BCUT2D eigenvalue weighted by Crippen LogP contribution is -2.18. The van der Waals surface area contributed by atoms with Crippen LogP contribution in [0.4, 0.5) is 17.1 Å². The van der Waals surface area contributed by atoms with Crippen molar-refractivity contribution in [2.24, 2.45) is 0 Å². The largest absolute Gasteiger partial charge is 0.397 e. The molecule has 4 rings (SSSR count). The number of hydrogen-bond donors (Lipinski definition) is 2. The molecular formula is C22H20N2O2. The van der Waals surface area contributed by atoms with Crippen LogP contribution in [0.15, 0.2) is 77.9 Å². The zero-order valence-corrected chi connectivity index (χ0v) is 14.5. The summed E-state index contributed by atoms with van der Waals surface area (Å²) in [6, 6.07) is 13.4. The second-order valence-corrected chi connectivity index (χ2v) is 6.40. The van der Waals surface area contributed by atoms with E-state index in [9.17, 15) is 4.79 Å². The highest BCUT2D eigenvalue weighted by atomic mass is 16.5. The summed E-state index contributed by atoms with van der Waals surface area (Å²) in [6.45, 7) is 0. The maximum absolute atomic E-state index is 13.0. The van der Waals surface area contributed by atoms with Crippen LogP contribution >= 0.6 is 0 Å². The number of nitrogens with one attached hydrogen (secondary N) is 1. The molecule has 2 aromatic rings. The second kappa shape index (κ2) is 6.65. The molecule has 1 atom stereocenters. The van der Waals surface area contributed by atoms with Crippen LogP contribution in [0.3, 0.4) is 0 Å². The minimum atomic E-state index is -0.171. The van der Waals surface area contributed by atoms with E-state index in [0.717, 1.165) is 28.1 Å². The summed E-state index contributed by atoms with van der Waals surface area (Å²) in [4.78, 5) is 13.0. The van der Waals surface area contributed by atoms with Crippen molar-refractivity contribution in [1.29, 1.82) is 0 Å². The molecule has 0 saturated carbocycles. The fourth-order valence-corrected chi connectivity index (χ4v) is 3.44. The minimum absolute atomic E-state index is 0.0425. The number of Topliss-reactive ketones (excluding diaryl/α,β-unsaturated/α-hetero) is 1. The van der Waals surface area contributed by atoms with Crippen LogP contribution in [-0.4, -0.2) is 19.0 Å². The van der Waals surface area contributed by atoms with Crippen LogP contribution in [0.1, 0.15) is 15.9 Å². The molecule has 4 nitrogen and oxygen atoms in total. The number of methoxy groups -OCH3 is 1. The molecule has 0 spiro atoms. The Balaban J connectivity index is 1.70. The van der Waals surface area contributed by atoms with Crippen LogP contribution in [-0.2, 0) is 11.2 Å². The minimum Gasteiger partial charge on any atom is -0.397 e. The third kappa shape index (κ3) is 2.85. The monoisotopic (exact) mass is 344 g/mol. The van der Waals surface area contributed by atoms with Crippen LogP contribution in [0, 0.1) is 0 Å². The highest BCUT2D eigenvalue weighted by Gasteiger charge is 2.27. The van der Waals surface area contributed by atoms with E-state index in [-0.39, 0.29) is 11.9 Å². The number of nitrogens with two attached hydrogens (primary N) is 1. The normalized spacial score (nSPS) is 18.3. The molecular weight excluding hydrogens is 324 g/mol. The number of carbonyl (C=O) groups is 1. The molecule has 0 radical (unpaired) electrons. The van der Waals surface area contributed by atoms with Gasteiger partial charge < -0.3 is 15.8 Å². The number of allylic oxidation sites excluding steroid dienone is 3.